The van der Waals surface area contributed by atoms with Crippen LogP contribution in [-0.4, -0.2) is 48.7 Å². The van der Waals surface area contributed by atoms with Crippen LogP contribution in [0.3, 0.4) is 0 Å². The molecule has 0 aromatic heterocycles. The molecule has 1 N–H and O–H groups in total. The Morgan fingerprint density at radius 2 is 1.30 bits per heavy atom. The molecular weight excluding hydrogens is 342 g/mol. The Balaban J connectivity index is 3.33. The molecule has 0 bridgehead atoms. The van der Waals surface area contributed by atoms with Gasteiger partial charge in [0.1, 0.15) is 0 Å². The monoisotopic (exact) mass is 385 g/mol. The Morgan fingerprint density at radius 3 is 1.96 bits per heavy atom. The van der Waals surface area contributed by atoms with E-state index in [1.807, 2.05) is 0 Å². The van der Waals surface area contributed by atoms with Crippen LogP contribution in [0, 0.1) is 0 Å². The first-order valence-corrected chi connectivity index (χ1v) is 11.1. The zero-order valence-electron chi connectivity index (χ0n) is 17.8. The molecule has 0 aliphatic rings. The molecule has 0 saturated heterocycles. The van der Waals surface area contributed by atoms with Crippen molar-refractivity contribution in [3.63, 3.8) is 0 Å². The molecule has 0 spiro atoms. The maximum absolute atomic E-state index is 11.7. The first-order chi connectivity index (χ1) is 13.1. The minimum absolute atomic E-state index is 0.0622. The minimum Gasteiger partial charge on any atom is -0.481 e. The van der Waals surface area contributed by atoms with E-state index in [0.29, 0.717) is 13.0 Å². The SMILES string of the molecule is CCCCCCCCCOC(=O)CCCN(C)CCCCCCCC(=O)O. The predicted molar refractivity (Wildman–Crippen MR) is 111 cm³/mol. The van der Waals surface area contributed by atoms with Crippen molar-refractivity contribution >= 4 is 11.9 Å². The molecule has 160 valence electrons. The standard InChI is InChI=1S/C22H43NO4/c1-3-4-5-6-7-11-14-20-27-22(26)17-15-19-23(2)18-13-10-8-9-12-16-21(24)25/h3-20H2,1-2H3,(H,24,25). The van der Waals surface area contributed by atoms with Gasteiger partial charge in [-0.2, -0.15) is 0 Å². The average molecular weight is 386 g/mol. The highest BCUT2D eigenvalue weighted by Crippen LogP contribution is 2.08. The number of unbranched alkanes of at least 4 members (excludes halogenated alkanes) is 10. The van der Waals surface area contributed by atoms with Gasteiger partial charge in [-0.25, -0.2) is 0 Å². The summed E-state index contributed by atoms with van der Waals surface area (Å²) in [7, 11) is 2.09. The van der Waals surface area contributed by atoms with E-state index >= 15 is 0 Å². The van der Waals surface area contributed by atoms with Gasteiger partial charge in [-0.05, 0) is 45.8 Å². The Hall–Kier alpha value is -1.10. The van der Waals surface area contributed by atoms with Crippen LogP contribution in [-0.2, 0) is 14.3 Å². The predicted octanol–water partition coefficient (Wildman–Crippen LogP) is 5.42. The molecule has 0 amide bonds. The number of carboxylic acid groups (broad SMARTS) is 1. The third kappa shape index (κ3) is 21.1. The van der Waals surface area contributed by atoms with Gasteiger partial charge in [0.2, 0.25) is 0 Å². The number of carbonyl (C=O) groups excluding carboxylic acids is 1. The van der Waals surface area contributed by atoms with Crippen molar-refractivity contribution in [2.75, 3.05) is 26.7 Å². The number of nitrogens with zero attached hydrogens (tertiary/aromatic N) is 1. The lowest BCUT2D eigenvalue weighted by Gasteiger charge is -2.16. The smallest absolute Gasteiger partial charge is 0.305 e. The van der Waals surface area contributed by atoms with Gasteiger partial charge in [0.15, 0.2) is 0 Å². The molecule has 0 radical (unpaired) electrons. The Kier molecular flexibility index (Phi) is 18.9. The number of ether oxygens (including phenoxy) is 1. The zero-order valence-corrected chi connectivity index (χ0v) is 17.8. The fraction of sp³-hybridized carbons (Fsp3) is 0.909. The van der Waals surface area contributed by atoms with Crippen molar-refractivity contribution in [1.82, 2.24) is 4.90 Å². The molecule has 0 aromatic carbocycles. The van der Waals surface area contributed by atoms with Crippen LogP contribution in [0.4, 0.5) is 0 Å². The Bertz CT molecular complexity index is 360. The molecule has 0 fully saturated rings. The second-order valence-corrected chi connectivity index (χ2v) is 7.66. The summed E-state index contributed by atoms with van der Waals surface area (Å²) in [6, 6.07) is 0. The van der Waals surface area contributed by atoms with E-state index in [1.165, 1.54) is 32.1 Å². The highest BCUT2D eigenvalue weighted by Gasteiger charge is 2.05. The van der Waals surface area contributed by atoms with Crippen LogP contribution < -0.4 is 0 Å². The van der Waals surface area contributed by atoms with E-state index < -0.39 is 5.97 Å². The average Bonchev–Trinajstić information content (AvgIpc) is 2.63. The Labute approximate surface area is 166 Å². The summed E-state index contributed by atoms with van der Waals surface area (Å²) in [5.41, 5.74) is 0. The molecular formula is C22H43NO4. The lowest BCUT2D eigenvalue weighted by molar-refractivity contribution is -0.144. The van der Waals surface area contributed by atoms with Crippen molar-refractivity contribution in [3.8, 4) is 0 Å². The lowest BCUT2D eigenvalue weighted by Crippen LogP contribution is -2.21. The van der Waals surface area contributed by atoms with Crippen LogP contribution >= 0.6 is 0 Å². The maximum Gasteiger partial charge on any atom is 0.305 e. The molecule has 0 aliphatic carbocycles. The van der Waals surface area contributed by atoms with Gasteiger partial charge < -0.3 is 14.7 Å². The summed E-state index contributed by atoms with van der Waals surface area (Å²) < 4.78 is 5.31. The van der Waals surface area contributed by atoms with Crippen LogP contribution in [0.2, 0.25) is 0 Å². The summed E-state index contributed by atoms with van der Waals surface area (Å²) >= 11 is 0. The summed E-state index contributed by atoms with van der Waals surface area (Å²) in [4.78, 5) is 24.4. The molecule has 0 rings (SSSR count). The lowest BCUT2D eigenvalue weighted by atomic mass is 10.1. The van der Waals surface area contributed by atoms with Crippen LogP contribution in [0.25, 0.3) is 0 Å². The number of rotatable bonds is 20. The number of aliphatic carboxylic acids is 1. The summed E-state index contributed by atoms with van der Waals surface area (Å²) in [6.07, 6.45) is 15.5. The van der Waals surface area contributed by atoms with E-state index in [9.17, 15) is 9.59 Å². The van der Waals surface area contributed by atoms with Gasteiger partial charge in [-0.1, -0.05) is 64.7 Å². The van der Waals surface area contributed by atoms with Crippen LogP contribution in [0.5, 0.6) is 0 Å². The fourth-order valence-corrected chi connectivity index (χ4v) is 3.11. The summed E-state index contributed by atoms with van der Waals surface area (Å²) in [5, 5.41) is 8.58. The van der Waals surface area contributed by atoms with Gasteiger partial charge in [0.05, 0.1) is 6.61 Å². The van der Waals surface area contributed by atoms with Crippen molar-refractivity contribution in [3.05, 3.63) is 0 Å². The second-order valence-electron chi connectivity index (χ2n) is 7.66. The summed E-state index contributed by atoms with van der Waals surface area (Å²) in [6.45, 7) is 4.76. The second kappa shape index (κ2) is 19.7. The van der Waals surface area contributed by atoms with Crippen molar-refractivity contribution in [1.29, 1.82) is 0 Å². The number of hydrogen-bond donors (Lipinski definition) is 1. The third-order valence-electron chi connectivity index (χ3n) is 4.86. The third-order valence-corrected chi connectivity index (χ3v) is 4.86. The van der Waals surface area contributed by atoms with Gasteiger partial charge in [0, 0.05) is 12.8 Å². The van der Waals surface area contributed by atoms with Gasteiger partial charge in [-0.3, -0.25) is 9.59 Å². The fourth-order valence-electron chi connectivity index (χ4n) is 3.11. The first-order valence-electron chi connectivity index (χ1n) is 11.1. The molecule has 27 heavy (non-hydrogen) atoms. The normalized spacial score (nSPS) is 11.1. The van der Waals surface area contributed by atoms with E-state index in [0.717, 1.165) is 64.5 Å². The van der Waals surface area contributed by atoms with Crippen molar-refractivity contribution < 1.29 is 19.4 Å². The van der Waals surface area contributed by atoms with Crippen LogP contribution in [0.1, 0.15) is 103 Å². The largest absolute Gasteiger partial charge is 0.481 e. The number of esters is 1. The van der Waals surface area contributed by atoms with E-state index in [-0.39, 0.29) is 12.4 Å². The molecule has 5 heteroatoms. The topological polar surface area (TPSA) is 66.8 Å². The molecule has 0 atom stereocenters. The molecule has 0 aromatic rings. The number of carboxylic acids is 1. The van der Waals surface area contributed by atoms with E-state index in [1.54, 1.807) is 0 Å². The van der Waals surface area contributed by atoms with Gasteiger partial charge >= 0.3 is 11.9 Å². The minimum atomic E-state index is -0.698. The summed E-state index contributed by atoms with van der Waals surface area (Å²) in [5.74, 6) is -0.761. The van der Waals surface area contributed by atoms with E-state index in [4.69, 9.17) is 9.84 Å². The van der Waals surface area contributed by atoms with E-state index in [2.05, 4.69) is 18.9 Å². The number of hydrogen-bond acceptors (Lipinski definition) is 4. The van der Waals surface area contributed by atoms with Gasteiger partial charge in [0.25, 0.3) is 0 Å². The molecule has 0 heterocycles. The Morgan fingerprint density at radius 1 is 0.741 bits per heavy atom. The maximum atomic E-state index is 11.7. The van der Waals surface area contributed by atoms with Gasteiger partial charge in [-0.15, -0.1) is 0 Å². The zero-order chi connectivity index (χ0) is 20.2. The molecule has 0 saturated carbocycles. The molecule has 5 nitrogen and oxygen atoms in total. The quantitative estimate of drug-likeness (QED) is 0.224. The van der Waals surface area contributed by atoms with Crippen LogP contribution in [0.15, 0.2) is 0 Å². The highest BCUT2D eigenvalue weighted by molar-refractivity contribution is 5.69. The molecule has 0 unspecified atom stereocenters. The highest BCUT2D eigenvalue weighted by atomic mass is 16.5. The number of carbonyl (C=O) groups is 2. The molecule has 0 aliphatic heterocycles. The van der Waals surface area contributed by atoms with Crippen molar-refractivity contribution in [2.45, 2.75) is 103 Å². The first kappa shape index (κ1) is 25.9. The van der Waals surface area contributed by atoms with Crippen molar-refractivity contribution in [2.24, 2.45) is 0 Å².